The first-order chi connectivity index (χ1) is 10.1. The number of hydrogen-bond acceptors (Lipinski definition) is 4. The lowest BCUT2D eigenvalue weighted by molar-refractivity contribution is 0.0696. The largest absolute Gasteiger partial charge is 0.478 e. The molecule has 0 amide bonds. The highest BCUT2D eigenvalue weighted by molar-refractivity contribution is 7.99. The van der Waals surface area contributed by atoms with Crippen LogP contribution in [-0.4, -0.2) is 21.3 Å². The lowest BCUT2D eigenvalue weighted by Gasteiger charge is -2.06. The molecule has 0 bridgehead atoms. The fourth-order valence-electron chi connectivity index (χ4n) is 1.90. The lowest BCUT2D eigenvalue weighted by Crippen LogP contribution is -1.97. The molecule has 0 radical (unpaired) electrons. The Kier molecular flexibility index (Phi) is 3.53. The van der Waals surface area contributed by atoms with E-state index in [2.05, 4.69) is 10.2 Å². The van der Waals surface area contributed by atoms with E-state index in [9.17, 15) is 9.18 Å². The minimum Gasteiger partial charge on any atom is -0.478 e. The summed E-state index contributed by atoms with van der Waals surface area (Å²) in [7, 11) is 0. The smallest absolute Gasteiger partial charge is 0.335 e. The summed E-state index contributed by atoms with van der Waals surface area (Å²) in [4.78, 5) is 11.9. The molecule has 0 fully saturated rings. The molecule has 6 heteroatoms. The number of halogens is 1. The molecule has 1 heterocycles. The van der Waals surface area contributed by atoms with E-state index in [-0.39, 0.29) is 10.5 Å². The molecule has 1 aromatic heterocycles. The Morgan fingerprint density at radius 1 is 1.14 bits per heavy atom. The Balaban J connectivity index is 2.06. The molecular formula is C15H9FN2O2S. The van der Waals surface area contributed by atoms with E-state index < -0.39 is 11.8 Å². The van der Waals surface area contributed by atoms with E-state index in [1.54, 1.807) is 6.20 Å². The van der Waals surface area contributed by atoms with Gasteiger partial charge in [0.2, 0.25) is 0 Å². The number of rotatable bonds is 3. The van der Waals surface area contributed by atoms with Crippen LogP contribution >= 0.6 is 11.8 Å². The second-order valence-corrected chi connectivity index (χ2v) is 5.36. The molecular weight excluding hydrogens is 291 g/mol. The number of carboxylic acids is 1. The molecule has 21 heavy (non-hydrogen) atoms. The van der Waals surface area contributed by atoms with Gasteiger partial charge in [0.25, 0.3) is 0 Å². The van der Waals surface area contributed by atoms with Gasteiger partial charge in [0.05, 0.1) is 17.3 Å². The molecule has 0 aliphatic carbocycles. The van der Waals surface area contributed by atoms with Crippen molar-refractivity contribution in [2.45, 2.75) is 9.79 Å². The third kappa shape index (κ3) is 2.71. The quantitative estimate of drug-likeness (QED) is 0.800. The summed E-state index contributed by atoms with van der Waals surface area (Å²) in [6.07, 6.45) is 1.54. The van der Waals surface area contributed by atoms with E-state index in [1.165, 1.54) is 12.1 Å². The van der Waals surface area contributed by atoms with Crippen molar-refractivity contribution in [3.05, 3.63) is 60.0 Å². The van der Waals surface area contributed by atoms with Gasteiger partial charge in [-0.1, -0.05) is 30.0 Å². The maximum Gasteiger partial charge on any atom is 0.335 e. The average Bonchev–Trinajstić information content (AvgIpc) is 2.49. The number of carbonyl (C=O) groups is 1. The predicted octanol–water partition coefficient (Wildman–Crippen LogP) is 3.62. The molecule has 0 spiro atoms. The third-order valence-electron chi connectivity index (χ3n) is 2.91. The van der Waals surface area contributed by atoms with E-state index in [0.29, 0.717) is 5.52 Å². The van der Waals surface area contributed by atoms with Crippen LogP contribution in [0.1, 0.15) is 10.4 Å². The molecule has 1 N–H and O–H groups in total. The summed E-state index contributed by atoms with van der Waals surface area (Å²) in [5.41, 5.74) is 0.752. The van der Waals surface area contributed by atoms with Crippen LogP contribution < -0.4 is 0 Å². The number of hydrogen-bond donors (Lipinski definition) is 1. The van der Waals surface area contributed by atoms with Crippen molar-refractivity contribution in [1.82, 2.24) is 10.2 Å². The fourth-order valence-corrected chi connectivity index (χ4v) is 2.87. The standard InChI is InChI=1S/C15H9FN2O2S/c16-11-6-5-9(15(19)20)7-13(11)21-14-8-17-18-12-4-2-1-3-10(12)14/h1-8H,(H,19,20). The van der Waals surface area contributed by atoms with Crippen molar-refractivity contribution < 1.29 is 14.3 Å². The van der Waals surface area contributed by atoms with E-state index in [1.807, 2.05) is 24.3 Å². The highest BCUT2D eigenvalue weighted by Crippen LogP contribution is 2.34. The molecule has 0 aliphatic heterocycles. The number of fused-ring (bicyclic) bond motifs is 1. The van der Waals surface area contributed by atoms with Gasteiger partial charge in [0.1, 0.15) is 5.82 Å². The molecule has 4 nitrogen and oxygen atoms in total. The third-order valence-corrected chi connectivity index (χ3v) is 3.99. The summed E-state index contributed by atoms with van der Waals surface area (Å²) in [5, 5.41) is 17.7. The number of nitrogens with zero attached hydrogens (tertiary/aromatic N) is 2. The Labute approximate surface area is 123 Å². The van der Waals surface area contributed by atoms with E-state index >= 15 is 0 Å². The van der Waals surface area contributed by atoms with Gasteiger partial charge < -0.3 is 5.11 Å². The summed E-state index contributed by atoms with van der Waals surface area (Å²) < 4.78 is 13.9. The van der Waals surface area contributed by atoms with E-state index in [4.69, 9.17) is 5.11 Å². The summed E-state index contributed by atoms with van der Waals surface area (Å²) in [6.45, 7) is 0. The zero-order chi connectivity index (χ0) is 14.8. The van der Waals surface area contributed by atoms with Crippen LogP contribution in [0.5, 0.6) is 0 Å². The Bertz CT molecular complexity index is 834. The first-order valence-corrected chi connectivity index (χ1v) is 6.88. The van der Waals surface area contributed by atoms with Crippen molar-refractivity contribution >= 4 is 28.6 Å². The molecule has 0 unspecified atom stereocenters. The molecule has 0 saturated heterocycles. The number of aromatic nitrogens is 2. The van der Waals surface area contributed by atoms with Crippen LogP contribution in [0.4, 0.5) is 4.39 Å². The SMILES string of the molecule is O=C(O)c1ccc(F)c(Sc2cnnc3ccccc23)c1. The van der Waals surface area contributed by atoms with Gasteiger partial charge in [-0.25, -0.2) is 9.18 Å². The number of carboxylic acid groups (broad SMARTS) is 1. The second-order valence-electron chi connectivity index (χ2n) is 4.28. The molecule has 3 aromatic rings. The Morgan fingerprint density at radius 2 is 1.95 bits per heavy atom. The van der Waals surface area contributed by atoms with Crippen molar-refractivity contribution in [1.29, 1.82) is 0 Å². The first kappa shape index (κ1) is 13.5. The molecule has 0 saturated carbocycles. The maximum absolute atomic E-state index is 13.9. The van der Waals surface area contributed by atoms with Crippen molar-refractivity contribution in [2.75, 3.05) is 0 Å². The van der Waals surface area contributed by atoms with Crippen LogP contribution in [0.2, 0.25) is 0 Å². The lowest BCUT2D eigenvalue weighted by atomic mass is 10.2. The van der Waals surface area contributed by atoms with Gasteiger partial charge in [-0.15, -0.1) is 0 Å². The zero-order valence-corrected chi connectivity index (χ0v) is 11.5. The highest BCUT2D eigenvalue weighted by atomic mass is 32.2. The van der Waals surface area contributed by atoms with E-state index in [0.717, 1.165) is 28.1 Å². The molecule has 3 rings (SSSR count). The minimum atomic E-state index is -1.09. The van der Waals surface area contributed by atoms with Crippen molar-refractivity contribution in [3.63, 3.8) is 0 Å². The fraction of sp³-hybridized carbons (Fsp3) is 0. The molecule has 0 aliphatic rings. The number of aromatic carboxylic acids is 1. The molecule has 0 atom stereocenters. The highest BCUT2D eigenvalue weighted by Gasteiger charge is 2.11. The molecule has 2 aromatic carbocycles. The first-order valence-electron chi connectivity index (χ1n) is 6.06. The summed E-state index contributed by atoms with van der Waals surface area (Å²) >= 11 is 1.13. The van der Waals surface area contributed by atoms with Gasteiger partial charge in [0.15, 0.2) is 0 Å². The average molecular weight is 300 g/mol. The topological polar surface area (TPSA) is 63.1 Å². The predicted molar refractivity (Wildman–Crippen MR) is 77.0 cm³/mol. The van der Waals surface area contributed by atoms with Crippen LogP contribution in [-0.2, 0) is 0 Å². The van der Waals surface area contributed by atoms with Gasteiger partial charge in [-0.2, -0.15) is 10.2 Å². The minimum absolute atomic E-state index is 0.0465. The van der Waals surface area contributed by atoms with Gasteiger partial charge in [0, 0.05) is 15.2 Å². The monoisotopic (exact) mass is 300 g/mol. The normalized spacial score (nSPS) is 10.7. The van der Waals surface area contributed by atoms with Gasteiger partial charge in [-0.05, 0) is 24.3 Å². The van der Waals surface area contributed by atoms with Crippen LogP contribution in [0.15, 0.2) is 58.5 Å². The van der Waals surface area contributed by atoms with Crippen molar-refractivity contribution in [3.8, 4) is 0 Å². The summed E-state index contributed by atoms with van der Waals surface area (Å²) in [5.74, 6) is -1.56. The Hall–Kier alpha value is -2.47. The van der Waals surface area contributed by atoms with Crippen LogP contribution in [0.3, 0.4) is 0 Å². The number of benzene rings is 2. The Morgan fingerprint density at radius 3 is 2.76 bits per heavy atom. The second kappa shape index (κ2) is 5.49. The zero-order valence-electron chi connectivity index (χ0n) is 10.7. The van der Waals surface area contributed by atoms with Gasteiger partial charge in [-0.3, -0.25) is 0 Å². The molecule has 104 valence electrons. The van der Waals surface area contributed by atoms with Crippen LogP contribution in [0.25, 0.3) is 10.9 Å². The van der Waals surface area contributed by atoms with Crippen molar-refractivity contribution in [2.24, 2.45) is 0 Å². The van der Waals surface area contributed by atoms with Gasteiger partial charge >= 0.3 is 5.97 Å². The maximum atomic E-state index is 13.9. The summed E-state index contributed by atoms with van der Waals surface area (Å²) in [6, 6.07) is 11.1. The van der Waals surface area contributed by atoms with Crippen LogP contribution in [0, 0.1) is 5.82 Å².